The second-order valence-corrected chi connectivity index (χ2v) is 5.06. The number of nitrogens with one attached hydrogen (secondary N) is 1. The standard InChI is InChI=1S/C18H17N5O/c1-13-11-12-20-18(21-13)23-17(19)22-14-7-9-16(10-8-14)24-15-5-3-2-4-6-15/h2-12H,1H3,(H3,19,20,21,22,23). The van der Waals surface area contributed by atoms with Gasteiger partial charge in [0.15, 0.2) is 0 Å². The van der Waals surface area contributed by atoms with E-state index >= 15 is 0 Å². The van der Waals surface area contributed by atoms with Crippen LogP contribution in [0.4, 0.5) is 11.6 Å². The molecule has 3 N–H and O–H groups in total. The van der Waals surface area contributed by atoms with Crippen molar-refractivity contribution in [2.75, 3.05) is 5.32 Å². The Bertz CT molecular complexity index is 832. The van der Waals surface area contributed by atoms with Gasteiger partial charge in [-0.15, -0.1) is 0 Å². The molecule has 0 aliphatic heterocycles. The first-order chi connectivity index (χ1) is 11.7. The van der Waals surface area contributed by atoms with E-state index in [2.05, 4.69) is 20.3 Å². The van der Waals surface area contributed by atoms with Gasteiger partial charge < -0.3 is 15.8 Å². The van der Waals surface area contributed by atoms with Crippen LogP contribution in [-0.4, -0.2) is 15.9 Å². The molecule has 0 spiro atoms. The summed E-state index contributed by atoms with van der Waals surface area (Å²) in [5.74, 6) is 2.07. The van der Waals surface area contributed by atoms with Crippen LogP contribution in [0, 0.1) is 6.92 Å². The third kappa shape index (κ3) is 4.30. The van der Waals surface area contributed by atoms with Crippen LogP contribution in [0.25, 0.3) is 0 Å². The number of nitrogens with zero attached hydrogens (tertiary/aromatic N) is 3. The van der Waals surface area contributed by atoms with Crippen molar-refractivity contribution in [2.24, 2.45) is 10.7 Å². The zero-order valence-electron chi connectivity index (χ0n) is 13.2. The predicted octanol–water partition coefficient (Wildman–Crippen LogP) is 3.64. The minimum Gasteiger partial charge on any atom is -0.457 e. The number of benzene rings is 2. The lowest BCUT2D eigenvalue weighted by Crippen LogP contribution is -2.22. The number of ether oxygens (including phenoxy) is 1. The lowest BCUT2D eigenvalue weighted by atomic mass is 10.3. The highest BCUT2D eigenvalue weighted by Crippen LogP contribution is 2.22. The van der Waals surface area contributed by atoms with Crippen molar-refractivity contribution in [1.82, 2.24) is 9.97 Å². The van der Waals surface area contributed by atoms with E-state index in [-0.39, 0.29) is 5.96 Å². The van der Waals surface area contributed by atoms with Crippen LogP contribution in [0.15, 0.2) is 71.9 Å². The lowest BCUT2D eigenvalue weighted by Gasteiger charge is -2.08. The number of nitrogens with two attached hydrogens (primary N) is 1. The van der Waals surface area contributed by atoms with E-state index in [1.165, 1.54) is 0 Å². The monoisotopic (exact) mass is 319 g/mol. The first kappa shape index (κ1) is 15.5. The maximum absolute atomic E-state index is 5.88. The Morgan fingerprint density at radius 3 is 2.42 bits per heavy atom. The average molecular weight is 319 g/mol. The molecule has 0 bridgehead atoms. The Labute approximate surface area is 140 Å². The summed E-state index contributed by atoms with van der Waals surface area (Å²) < 4.78 is 5.74. The quantitative estimate of drug-likeness (QED) is 0.566. The van der Waals surface area contributed by atoms with E-state index in [4.69, 9.17) is 10.5 Å². The summed E-state index contributed by atoms with van der Waals surface area (Å²) in [5.41, 5.74) is 7.51. The fourth-order valence-corrected chi connectivity index (χ4v) is 2.00. The van der Waals surface area contributed by atoms with Crippen molar-refractivity contribution in [3.63, 3.8) is 0 Å². The summed E-state index contributed by atoms with van der Waals surface area (Å²) in [7, 11) is 0. The molecular weight excluding hydrogens is 302 g/mol. The third-order valence-corrected chi connectivity index (χ3v) is 3.11. The van der Waals surface area contributed by atoms with Crippen LogP contribution in [0.1, 0.15) is 5.69 Å². The minimum absolute atomic E-state index is 0.220. The fourth-order valence-electron chi connectivity index (χ4n) is 2.00. The zero-order valence-corrected chi connectivity index (χ0v) is 13.2. The molecule has 3 rings (SSSR count). The van der Waals surface area contributed by atoms with Crippen LogP contribution in [0.5, 0.6) is 11.5 Å². The first-order valence-electron chi connectivity index (χ1n) is 7.43. The average Bonchev–Trinajstić information content (AvgIpc) is 2.57. The van der Waals surface area contributed by atoms with Crippen molar-refractivity contribution < 1.29 is 4.74 Å². The van der Waals surface area contributed by atoms with Crippen LogP contribution in [0.2, 0.25) is 0 Å². The molecule has 0 saturated heterocycles. The molecule has 0 aliphatic carbocycles. The number of guanidine groups is 1. The number of para-hydroxylation sites is 1. The maximum atomic E-state index is 5.88. The van der Waals surface area contributed by atoms with Gasteiger partial charge in [0.2, 0.25) is 5.96 Å². The number of hydrogen-bond acceptors (Lipinski definition) is 4. The van der Waals surface area contributed by atoms with Gasteiger partial charge >= 0.3 is 0 Å². The highest BCUT2D eigenvalue weighted by Gasteiger charge is 2.00. The SMILES string of the molecule is Cc1ccnc(N=C(N)Nc2ccc(Oc3ccccc3)cc2)n1. The maximum Gasteiger partial charge on any atom is 0.252 e. The van der Waals surface area contributed by atoms with Crippen molar-refractivity contribution in [3.05, 3.63) is 72.6 Å². The molecular formula is C18H17N5O. The van der Waals surface area contributed by atoms with Gasteiger partial charge in [-0.05, 0) is 49.4 Å². The summed E-state index contributed by atoms with van der Waals surface area (Å²) in [6.45, 7) is 1.87. The molecule has 0 amide bonds. The normalized spacial score (nSPS) is 11.1. The second kappa shape index (κ2) is 7.23. The summed E-state index contributed by atoms with van der Waals surface area (Å²) >= 11 is 0. The highest BCUT2D eigenvalue weighted by molar-refractivity contribution is 5.93. The van der Waals surface area contributed by atoms with Gasteiger partial charge in [-0.2, -0.15) is 4.99 Å². The topological polar surface area (TPSA) is 85.4 Å². The number of anilines is 1. The molecule has 0 unspecified atom stereocenters. The first-order valence-corrected chi connectivity index (χ1v) is 7.43. The third-order valence-electron chi connectivity index (χ3n) is 3.11. The molecule has 0 radical (unpaired) electrons. The molecule has 1 aromatic heterocycles. The highest BCUT2D eigenvalue weighted by atomic mass is 16.5. The van der Waals surface area contributed by atoms with Gasteiger partial charge in [0.1, 0.15) is 11.5 Å². The van der Waals surface area contributed by atoms with E-state index in [0.717, 1.165) is 22.9 Å². The molecule has 0 aliphatic rings. The molecule has 0 saturated carbocycles. The second-order valence-electron chi connectivity index (χ2n) is 5.06. The summed E-state index contributed by atoms with van der Waals surface area (Å²) in [6.07, 6.45) is 1.64. The number of hydrogen-bond donors (Lipinski definition) is 2. The van der Waals surface area contributed by atoms with Crippen molar-refractivity contribution in [2.45, 2.75) is 6.92 Å². The Hall–Kier alpha value is -3.41. The van der Waals surface area contributed by atoms with Crippen molar-refractivity contribution in [3.8, 4) is 11.5 Å². The van der Waals surface area contributed by atoms with Crippen LogP contribution in [-0.2, 0) is 0 Å². The van der Waals surface area contributed by atoms with Crippen LogP contribution in [0.3, 0.4) is 0 Å². The predicted molar refractivity (Wildman–Crippen MR) is 94.6 cm³/mol. The fraction of sp³-hybridized carbons (Fsp3) is 0.0556. The molecule has 0 atom stereocenters. The van der Waals surface area contributed by atoms with E-state index in [9.17, 15) is 0 Å². The van der Waals surface area contributed by atoms with E-state index in [0.29, 0.717) is 5.95 Å². The molecule has 2 aromatic carbocycles. The number of rotatable bonds is 4. The van der Waals surface area contributed by atoms with E-state index < -0.39 is 0 Å². The molecule has 0 fully saturated rings. The zero-order chi connectivity index (χ0) is 16.8. The van der Waals surface area contributed by atoms with Crippen LogP contribution >= 0.6 is 0 Å². The van der Waals surface area contributed by atoms with Gasteiger partial charge in [-0.1, -0.05) is 18.2 Å². The molecule has 120 valence electrons. The lowest BCUT2D eigenvalue weighted by molar-refractivity contribution is 0.483. The van der Waals surface area contributed by atoms with Gasteiger partial charge in [0.25, 0.3) is 5.95 Å². The minimum atomic E-state index is 0.220. The van der Waals surface area contributed by atoms with E-state index in [1.54, 1.807) is 12.3 Å². The summed E-state index contributed by atoms with van der Waals surface area (Å²) in [4.78, 5) is 12.4. The Kier molecular flexibility index (Phi) is 4.67. The summed E-state index contributed by atoms with van der Waals surface area (Å²) in [6, 6.07) is 18.8. The molecule has 24 heavy (non-hydrogen) atoms. The molecule has 1 heterocycles. The van der Waals surface area contributed by atoms with Gasteiger partial charge in [-0.3, -0.25) is 0 Å². The molecule has 3 aromatic rings. The molecule has 6 heteroatoms. The van der Waals surface area contributed by atoms with E-state index in [1.807, 2.05) is 61.5 Å². The summed E-state index contributed by atoms with van der Waals surface area (Å²) in [5, 5.41) is 2.99. The smallest absolute Gasteiger partial charge is 0.252 e. The van der Waals surface area contributed by atoms with Gasteiger partial charge in [-0.25, -0.2) is 9.97 Å². The Morgan fingerprint density at radius 2 is 1.71 bits per heavy atom. The number of aromatic nitrogens is 2. The van der Waals surface area contributed by atoms with Crippen molar-refractivity contribution >= 4 is 17.6 Å². The van der Waals surface area contributed by atoms with Crippen molar-refractivity contribution in [1.29, 1.82) is 0 Å². The van der Waals surface area contributed by atoms with Gasteiger partial charge in [0, 0.05) is 17.6 Å². The number of aliphatic imine (C=N–C) groups is 1. The largest absolute Gasteiger partial charge is 0.457 e. The Morgan fingerprint density at radius 1 is 1.00 bits per heavy atom. The van der Waals surface area contributed by atoms with Gasteiger partial charge in [0.05, 0.1) is 0 Å². The number of aryl methyl sites for hydroxylation is 1. The Balaban J connectivity index is 1.65. The van der Waals surface area contributed by atoms with Crippen LogP contribution < -0.4 is 15.8 Å². The molecule has 6 nitrogen and oxygen atoms in total.